The van der Waals surface area contributed by atoms with Crippen LogP contribution in [0.4, 0.5) is 0 Å². The fourth-order valence-electron chi connectivity index (χ4n) is 3.33. The SMILES string of the molecule is CC[C@@H](Cn1nc(-c2cccs2)oc1=O)NC(=O)Cn1nc(C)c2ccccc2c1=O. The van der Waals surface area contributed by atoms with Crippen LogP contribution in [0.25, 0.3) is 21.5 Å². The van der Waals surface area contributed by atoms with E-state index in [9.17, 15) is 14.4 Å². The Morgan fingerprint density at radius 2 is 1.90 bits per heavy atom. The monoisotopic (exact) mass is 439 g/mol. The summed E-state index contributed by atoms with van der Waals surface area (Å²) in [5.41, 5.74) is 0.350. The molecule has 31 heavy (non-hydrogen) atoms. The molecule has 3 heterocycles. The third kappa shape index (κ3) is 4.33. The summed E-state index contributed by atoms with van der Waals surface area (Å²) in [6, 6.07) is 10.5. The minimum Gasteiger partial charge on any atom is -0.387 e. The quantitative estimate of drug-likeness (QED) is 0.472. The Hall–Kier alpha value is -3.53. The van der Waals surface area contributed by atoms with Gasteiger partial charge in [-0.05, 0) is 30.9 Å². The van der Waals surface area contributed by atoms with Crippen molar-refractivity contribution in [2.24, 2.45) is 0 Å². The summed E-state index contributed by atoms with van der Waals surface area (Å²) in [5, 5.41) is 14.5. The van der Waals surface area contributed by atoms with Crippen molar-refractivity contribution in [3.05, 3.63) is 68.4 Å². The number of nitrogens with zero attached hydrogens (tertiary/aromatic N) is 4. The van der Waals surface area contributed by atoms with E-state index in [2.05, 4.69) is 15.5 Å². The molecule has 0 saturated carbocycles. The smallest absolute Gasteiger partial charge is 0.387 e. The number of benzene rings is 1. The lowest BCUT2D eigenvalue weighted by Gasteiger charge is -2.16. The molecule has 1 atom stereocenters. The van der Waals surface area contributed by atoms with Gasteiger partial charge in [-0.3, -0.25) is 9.59 Å². The van der Waals surface area contributed by atoms with Gasteiger partial charge < -0.3 is 9.73 Å². The van der Waals surface area contributed by atoms with Crippen LogP contribution in [0.5, 0.6) is 0 Å². The molecule has 10 heteroatoms. The van der Waals surface area contributed by atoms with E-state index in [0.717, 1.165) is 14.9 Å². The summed E-state index contributed by atoms with van der Waals surface area (Å²) < 4.78 is 7.58. The minimum atomic E-state index is -0.584. The maximum absolute atomic E-state index is 12.7. The number of amides is 1. The van der Waals surface area contributed by atoms with Gasteiger partial charge in [0.05, 0.1) is 22.5 Å². The first-order valence-electron chi connectivity index (χ1n) is 9.84. The van der Waals surface area contributed by atoms with Gasteiger partial charge in [-0.25, -0.2) is 9.48 Å². The van der Waals surface area contributed by atoms with Gasteiger partial charge in [-0.15, -0.1) is 16.4 Å². The van der Waals surface area contributed by atoms with E-state index in [1.54, 1.807) is 19.1 Å². The zero-order chi connectivity index (χ0) is 22.0. The van der Waals surface area contributed by atoms with Crippen LogP contribution >= 0.6 is 11.3 Å². The van der Waals surface area contributed by atoms with Crippen LogP contribution < -0.4 is 16.6 Å². The Kier molecular flexibility index (Phi) is 5.81. The maximum Gasteiger partial charge on any atom is 0.437 e. The van der Waals surface area contributed by atoms with Gasteiger partial charge >= 0.3 is 5.76 Å². The second-order valence-corrected chi connectivity index (χ2v) is 8.05. The molecule has 0 aliphatic carbocycles. The number of hydrogen-bond acceptors (Lipinski definition) is 7. The van der Waals surface area contributed by atoms with Crippen molar-refractivity contribution < 1.29 is 9.21 Å². The number of rotatable bonds is 7. The molecule has 0 fully saturated rings. The number of carbonyl (C=O) groups excluding carboxylic acids is 1. The lowest BCUT2D eigenvalue weighted by atomic mass is 10.1. The van der Waals surface area contributed by atoms with E-state index in [-0.39, 0.29) is 36.5 Å². The zero-order valence-corrected chi connectivity index (χ0v) is 17.9. The van der Waals surface area contributed by atoms with Gasteiger partial charge in [0, 0.05) is 11.4 Å². The maximum atomic E-state index is 12.7. The lowest BCUT2D eigenvalue weighted by Crippen LogP contribution is -2.42. The van der Waals surface area contributed by atoms with E-state index in [1.165, 1.54) is 16.0 Å². The molecule has 9 nitrogen and oxygen atoms in total. The highest BCUT2D eigenvalue weighted by atomic mass is 32.1. The molecule has 4 rings (SSSR count). The van der Waals surface area contributed by atoms with Gasteiger partial charge in [0.25, 0.3) is 11.4 Å². The Morgan fingerprint density at radius 3 is 2.61 bits per heavy atom. The Bertz CT molecular complexity index is 1340. The predicted molar refractivity (Wildman–Crippen MR) is 117 cm³/mol. The average Bonchev–Trinajstić information content (AvgIpc) is 3.41. The fraction of sp³-hybridized carbons (Fsp3) is 0.286. The van der Waals surface area contributed by atoms with Crippen molar-refractivity contribution in [2.45, 2.75) is 39.4 Å². The normalized spacial score (nSPS) is 12.2. The minimum absolute atomic E-state index is 0.162. The van der Waals surface area contributed by atoms with Crippen LogP contribution in [-0.4, -0.2) is 31.5 Å². The summed E-state index contributed by atoms with van der Waals surface area (Å²) in [7, 11) is 0. The average molecular weight is 439 g/mol. The first kappa shape index (κ1) is 20.7. The van der Waals surface area contributed by atoms with Crippen LogP contribution in [-0.2, 0) is 17.9 Å². The summed E-state index contributed by atoms with van der Waals surface area (Å²) >= 11 is 1.42. The van der Waals surface area contributed by atoms with Gasteiger partial charge in [-0.2, -0.15) is 9.78 Å². The lowest BCUT2D eigenvalue weighted by molar-refractivity contribution is -0.122. The van der Waals surface area contributed by atoms with Crippen LogP contribution in [0.15, 0.2) is 55.8 Å². The third-order valence-electron chi connectivity index (χ3n) is 4.94. The number of fused-ring (bicyclic) bond motifs is 1. The van der Waals surface area contributed by atoms with Crippen LogP contribution in [0.1, 0.15) is 19.0 Å². The highest BCUT2D eigenvalue weighted by molar-refractivity contribution is 7.13. The number of aromatic nitrogens is 4. The molecular weight excluding hydrogens is 418 g/mol. The van der Waals surface area contributed by atoms with Crippen LogP contribution in [0, 0.1) is 6.92 Å². The molecule has 0 unspecified atom stereocenters. The van der Waals surface area contributed by atoms with Gasteiger partial charge in [0.15, 0.2) is 0 Å². The molecule has 0 bridgehead atoms. The number of carbonyl (C=O) groups is 1. The van der Waals surface area contributed by atoms with E-state index >= 15 is 0 Å². The van der Waals surface area contributed by atoms with Gasteiger partial charge in [0.2, 0.25) is 5.91 Å². The van der Waals surface area contributed by atoms with Crippen molar-refractivity contribution in [2.75, 3.05) is 0 Å². The van der Waals surface area contributed by atoms with Gasteiger partial charge in [-0.1, -0.05) is 31.2 Å². The van der Waals surface area contributed by atoms with Crippen LogP contribution in [0.3, 0.4) is 0 Å². The topological polar surface area (TPSA) is 112 Å². The molecule has 3 aromatic heterocycles. The highest BCUT2D eigenvalue weighted by Crippen LogP contribution is 2.21. The van der Waals surface area contributed by atoms with E-state index < -0.39 is 5.76 Å². The number of aryl methyl sites for hydroxylation is 1. The summed E-state index contributed by atoms with van der Waals surface area (Å²) in [6.07, 6.45) is 0.568. The third-order valence-corrected chi connectivity index (χ3v) is 5.79. The molecule has 4 aromatic rings. The van der Waals surface area contributed by atoms with E-state index in [0.29, 0.717) is 17.5 Å². The van der Waals surface area contributed by atoms with Crippen LogP contribution in [0.2, 0.25) is 0 Å². The predicted octanol–water partition coefficient (Wildman–Crippen LogP) is 2.18. The Balaban J connectivity index is 1.48. The molecule has 0 saturated heterocycles. The molecule has 1 aromatic carbocycles. The van der Waals surface area contributed by atoms with Crippen molar-refractivity contribution in [1.82, 2.24) is 24.9 Å². The molecule has 0 radical (unpaired) electrons. The second-order valence-electron chi connectivity index (χ2n) is 7.10. The molecule has 0 spiro atoms. The Labute approximate surface area is 180 Å². The Morgan fingerprint density at radius 1 is 1.13 bits per heavy atom. The zero-order valence-electron chi connectivity index (χ0n) is 17.1. The molecular formula is C21H21N5O4S. The number of nitrogens with one attached hydrogen (secondary N) is 1. The molecule has 1 amide bonds. The molecule has 160 valence electrons. The largest absolute Gasteiger partial charge is 0.437 e. The summed E-state index contributed by atoms with van der Waals surface area (Å²) in [6.45, 7) is 3.64. The first-order valence-corrected chi connectivity index (χ1v) is 10.7. The van der Waals surface area contributed by atoms with Crippen molar-refractivity contribution >= 4 is 28.0 Å². The fourth-order valence-corrected chi connectivity index (χ4v) is 3.97. The molecule has 1 N–H and O–H groups in total. The standard InChI is InChI=1S/C21H21N5O4S/c1-3-14(11-26-21(29)30-19(24-26)17-9-6-10-31-17)22-18(27)12-25-20(28)16-8-5-4-7-15(16)13(2)23-25/h4-10,14H,3,11-12H2,1-2H3,(H,22,27)/t14-/m0/s1. The van der Waals surface area contributed by atoms with Crippen molar-refractivity contribution in [1.29, 1.82) is 0 Å². The molecule has 0 aliphatic rings. The summed E-state index contributed by atoms with van der Waals surface area (Å²) in [5.74, 6) is -0.700. The van der Waals surface area contributed by atoms with E-state index in [1.807, 2.05) is 36.6 Å². The number of hydrogen-bond donors (Lipinski definition) is 1. The van der Waals surface area contributed by atoms with Crippen molar-refractivity contribution in [3.8, 4) is 10.8 Å². The highest BCUT2D eigenvalue weighted by Gasteiger charge is 2.18. The molecule has 0 aliphatic heterocycles. The first-order chi connectivity index (χ1) is 15.0. The second kappa shape index (κ2) is 8.68. The number of thiophene rings is 1. The van der Waals surface area contributed by atoms with Gasteiger partial charge in [0.1, 0.15) is 6.54 Å². The van der Waals surface area contributed by atoms with Crippen molar-refractivity contribution in [3.63, 3.8) is 0 Å². The summed E-state index contributed by atoms with van der Waals surface area (Å²) in [4.78, 5) is 38.2. The van der Waals surface area contributed by atoms with E-state index in [4.69, 9.17) is 4.42 Å².